The summed E-state index contributed by atoms with van der Waals surface area (Å²) in [6, 6.07) is 17.7. The van der Waals surface area contributed by atoms with Gasteiger partial charge in [0.05, 0.1) is 5.69 Å². The molecule has 2 heterocycles. The third-order valence-corrected chi connectivity index (χ3v) is 5.86. The molecular weight excluding hydrogens is 346 g/mol. The second-order valence-electron chi connectivity index (χ2n) is 8.17. The summed E-state index contributed by atoms with van der Waals surface area (Å²) in [4.78, 5) is 7.14. The predicted octanol–water partition coefficient (Wildman–Crippen LogP) is 4.91. The van der Waals surface area contributed by atoms with Crippen LogP contribution >= 0.6 is 0 Å². The molecule has 1 aliphatic heterocycles. The second-order valence-corrected chi connectivity index (χ2v) is 8.17. The zero-order chi connectivity index (χ0) is 18.9. The van der Waals surface area contributed by atoms with E-state index >= 15 is 0 Å². The number of aromatic nitrogens is 3. The van der Waals surface area contributed by atoms with Gasteiger partial charge in [-0.2, -0.15) is 4.98 Å². The number of nitrogens with zero attached hydrogens (tertiary/aromatic N) is 4. The van der Waals surface area contributed by atoms with Crippen LogP contribution < -0.4 is 5.32 Å². The average Bonchev–Trinajstić information content (AvgIpc) is 3.48. The van der Waals surface area contributed by atoms with Gasteiger partial charge in [0.15, 0.2) is 0 Å². The number of likely N-dealkylation sites (tertiary alicyclic amines) is 1. The van der Waals surface area contributed by atoms with E-state index in [0.717, 1.165) is 17.4 Å². The Labute approximate surface area is 167 Å². The van der Waals surface area contributed by atoms with E-state index in [1.54, 1.807) is 11.0 Å². The molecule has 5 heteroatoms. The van der Waals surface area contributed by atoms with Gasteiger partial charge < -0.3 is 5.32 Å². The zero-order valence-electron chi connectivity index (χ0n) is 16.4. The Morgan fingerprint density at radius 2 is 1.93 bits per heavy atom. The molecular formula is C23H29N5. The number of hydrogen-bond donors (Lipinski definition) is 1. The molecule has 0 spiro atoms. The van der Waals surface area contributed by atoms with Crippen LogP contribution in [0.5, 0.6) is 0 Å². The van der Waals surface area contributed by atoms with Crippen LogP contribution in [0.25, 0.3) is 5.69 Å². The van der Waals surface area contributed by atoms with Crippen LogP contribution in [0.15, 0.2) is 54.9 Å². The Morgan fingerprint density at radius 3 is 2.75 bits per heavy atom. The molecule has 0 bridgehead atoms. The normalized spacial score (nSPS) is 20.2. The van der Waals surface area contributed by atoms with Gasteiger partial charge in [-0.3, -0.25) is 4.90 Å². The monoisotopic (exact) mass is 375 g/mol. The van der Waals surface area contributed by atoms with Crippen molar-refractivity contribution in [2.75, 3.05) is 18.4 Å². The number of aryl methyl sites for hydroxylation is 1. The number of rotatable bonds is 5. The van der Waals surface area contributed by atoms with Crippen molar-refractivity contribution < 1.29 is 1.43 Å². The van der Waals surface area contributed by atoms with E-state index < -0.39 is 0 Å². The third kappa shape index (κ3) is 3.80. The van der Waals surface area contributed by atoms with E-state index in [2.05, 4.69) is 45.4 Å². The van der Waals surface area contributed by atoms with E-state index in [0.29, 0.717) is 11.9 Å². The van der Waals surface area contributed by atoms with Crippen molar-refractivity contribution >= 4 is 11.6 Å². The molecule has 5 rings (SSSR count). The van der Waals surface area contributed by atoms with Crippen LogP contribution in [0.1, 0.15) is 44.2 Å². The van der Waals surface area contributed by atoms with Crippen molar-refractivity contribution in [2.45, 2.75) is 44.6 Å². The highest BCUT2D eigenvalue weighted by Crippen LogP contribution is 2.35. The van der Waals surface area contributed by atoms with Crippen molar-refractivity contribution in [3.63, 3.8) is 0 Å². The molecule has 146 valence electrons. The van der Waals surface area contributed by atoms with Gasteiger partial charge in [-0.05, 0) is 80.5 Å². The van der Waals surface area contributed by atoms with Crippen LogP contribution in [-0.2, 0) is 0 Å². The molecule has 0 radical (unpaired) electrons. The second kappa shape index (κ2) is 7.40. The number of anilines is 2. The Morgan fingerprint density at radius 1 is 1.07 bits per heavy atom. The van der Waals surface area contributed by atoms with Gasteiger partial charge in [0.1, 0.15) is 6.33 Å². The van der Waals surface area contributed by atoms with E-state index in [1.165, 1.54) is 49.9 Å². The smallest absolute Gasteiger partial charge is 0.246 e. The SMILES string of the molecule is Cc1cc(Nc2ncn(-c3ccccc3)n2)cc(C2CCCN(C3CC3)C2)c1.[HH]. The molecule has 5 nitrogen and oxygen atoms in total. The fourth-order valence-corrected chi connectivity index (χ4v) is 4.33. The summed E-state index contributed by atoms with van der Waals surface area (Å²) in [6.45, 7) is 4.65. The van der Waals surface area contributed by atoms with Gasteiger partial charge in [-0.15, -0.1) is 5.10 Å². The Kier molecular flexibility index (Phi) is 4.61. The largest absolute Gasteiger partial charge is 0.323 e. The van der Waals surface area contributed by atoms with E-state index in [4.69, 9.17) is 0 Å². The first kappa shape index (κ1) is 17.4. The first-order valence-corrected chi connectivity index (χ1v) is 10.3. The standard InChI is InChI=1S/C23H27N5.H2/c1-17-12-19(18-6-5-11-27(15-18)21-9-10-21)14-20(13-17)25-23-24-16-28(26-23)22-7-3-2-4-8-22;/h2-4,7-8,12-14,16,18,21H,5-6,9-11,15H2,1H3,(H,25,26);1H. The van der Waals surface area contributed by atoms with Crippen molar-refractivity contribution in [1.82, 2.24) is 19.7 Å². The lowest BCUT2D eigenvalue weighted by atomic mass is 9.89. The molecule has 1 saturated heterocycles. The number of benzene rings is 2. The van der Waals surface area contributed by atoms with Crippen LogP contribution in [0.4, 0.5) is 11.6 Å². The predicted molar refractivity (Wildman–Crippen MR) is 115 cm³/mol. The van der Waals surface area contributed by atoms with Crippen LogP contribution in [-0.4, -0.2) is 38.8 Å². The maximum atomic E-state index is 4.58. The number of nitrogens with one attached hydrogen (secondary N) is 1. The minimum absolute atomic E-state index is 0. The summed E-state index contributed by atoms with van der Waals surface area (Å²) in [7, 11) is 0. The van der Waals surface area contributed by atoms with Crippen molar-refractivity contribution in [2.24, 2.45) is 0 Å². The molecule has 2 aromatic carbocycles. The summed E-state index contributed by atoms with van der Waals surface area (Å²) in [5.41, 5.74) is 4.81. The lowest BCUT2D eigenvalue weighted by Crippen LogP contribution is -2.35. The Balaban J connectivity index is 0.00000205. The molecule has 1 saturated carbocycles. The van der Waals surface area contributed by atoms with E-state index in [9.17, 15) is 0 Å². The molecule has 3 aromatic rings. The highest BCUT2D eigenvalue weighted by atomic mass is 15.4. The van der Waals surface area contributed by atoms with Gasteiger partial charge in [0, 0.05) is 19.7 Å². The van der Waals surface area contributed by atoms with Gasteiger partial charge in [0.25, 0.3) is 0 Å². The molecule has 1 aliphatic carbocycles. The first-order chi connectivity index (χ1) is 13.7. The molecule has 2 fully saturated rings. The lowest BCUT2D eigenvalue weighted by Gasteiger charge is -2.33. The maximum absolute atomic E-state index is 4.58. The van der Waals surface area contributed by atoms with Crippen LogP contribution in [0.2, 0.25) is 0 Å². The topological polar surface area (TPSA) is 46.0 Å². The molecule has 1 aromatic heterocycles. The van der Waals surface area contributed by atoms with Crippen LogP contribution in [0.3, 0.4) is 0 Å². The number of para-hydroxylation sites is 1. The molecule has 1 unspecified atom stereocenters. The van der Waals surface area contributed by atoms with Crippen molar-refractivity contribution in [3.8, 4) is 5.69 Å². The van der Waals surface area contributed by atoms with E-state index in [1.807, 2.05) is 30.3 Å². The lowest BCUT2D eigenvalue weighted by molar-refractivity contribution is 0.199. The highest BCUT2D eigenvalue weighted by molar-refractivity contribution is 5.56. The number of piperidine rings is 1. The summed E-state index contributed by atoms with van der Waals surface area (Å²) in [5, 5.41) is 7.98. The van der Waals surface area contributed by atoms with Gasteiger partial charge in [0.2, 0.25) is 5.95 Å². The first-order valence-electron chi connectivity index (χ1n) is 10.3. The van der Waals surface area contributed by atoms with Crippen molar-refractivity contribution in [1.29, 1.82) is 0 Å². The fraction of sp³-hybridized carbons (Fsp3) is 0.391. The molecule has 0 amide bonds. The fourth-order valence-electron chi connectivity index (χ4n) is 4.33. The summed E-state index contributed by atoms with van der Waals surface area (Å²) in [6.07, 6.45) is 7.13. The van der Waals surface area contributed by atoms with E-state index in [-0.39, 0.29) is 1.43 Å². The Hall–Kier alpha value is -2.66. The quantitative estimate of drug-likeness (QED) is 0.688. The summed E-state index contributed by atoms with van der Waals surface area (Å²) in [5.74, 6) is 1.26. The average molecular weight is 376 g/mol. The minimum Gasteiger partial charge on any atom is -0.323 e. The summed E-state index contributed by atoms with van der Waals surface area (Å²) < 4.78 is 1.80. The molecule has 1 atom stereocenters. The third-order valence-electron chi connectivity index (χ3n) is 5.86. The maximum Gasteiger partial charge on any atom is 0.246 e. The van der Waals surface area contributed by atoms with Gasteiger partial charge in [-0.1, -0.05) is 24.3 Å². The van der Waals surface area contributed by atoms with Crippen molar-refractivity contribution in [3.05, 3.63) is 66.0 Å². The van der Waals surface area contributed by atoms with Crippen LogP contribution in [0, 0.1) is 6.92 Å². The van der Waals surface area contributed by atoms with Gasteiger partial charge in [-0.25, -0.2) is 4.68 Å². The minimum atomic E-state index is 0. The molecule has 28 heavy (non-hydrogen) atoms. The van der Waals surface area contributed by atoms with Gasteiger partial charge >= 0.3 is 0 Å². The molecule has 2 aliphatic rings. The Bertz CT molecular complexity index is 951. The molecule has 1 N–H and O–H groups in total. The highest BCUT2D eigenvalue weighted by Gasteiger charge is 2.33. The summed E-state index contributed by atoms with van der Waals surface area (Å²) >= 11 is 0. The zero-order valence-corrected chi connectivity index (χ0v) is 16.4. The number of hydrogen-bond acceptors (Lipinski definition) is 4.